The predicted molar refractivity (Wildman–Crippen MR) is 96.8 cm³/mol. The highest BCUT2D eigenvalue weighted by Gasteiger charge is 2.48. The second-order valence-electron chi connectivity index (χ2n) is 6.98. The fourth-order valence-corrected chi connectivity index (χ4v) is 3.65. The molecule has 0 bridgehead atoms. The van der Waals surface area contributed by atoms with Crippen molar-refractivity contribution in [2.75, 3.05) is 38.2 Å². The Morgan fingerprint density at radius 3 is 2.72 bits per heavy atom. The summed E-state index contributed by atoms with van der Waals surface area (Å²) in [4.78, 5) is 16.0. The average molecular weight is 333 g/mol. The molecule has 3 aromatic rings. The van der Waals surface area contributed by atoms with E-state index in [0.29, 0.717) is 11.3 Å². The Kier molecular flexibility index (Phi) is 3.15. The fraction of sp³-hybridized carbons (Fsp3) is 0.316. The minimum Gasteiger partial charge on any atom is -0.481 e. The van der Waals surface area contributed by atoms with Gasteiger partial charge < -0.3 is 15.0 Å². The average Bonchev–Trinajstić information content (AvgIpc) is 2.59. The Hall–Kier alpha value is -2.73. The van der Waals surface area contributed by atoms with Crippen molar-refractivity contribution < 1.29 is 4.74 Å². The zero-order valence-corrected chi connectivity index (χ0v) is 14.1. The van der Waals surface area contributed by atoms with E-state index in [9.17, 15) is 0 Å². The van der Waals surface area contributed by atoms with Crippen LogP contribution >= 0.6 is 0 Å². The summed E-state index contributed by atoms with van der Waals surface area (Å²) in [5.41, 5.74) is 3.33. The third-order valence-electron chi connectivity index (χ3n) is 5.17. The third-order valence-corrected chi connectivity index (χ3v) is 5.17. The van der Waals surface area contributed by atoms with Crippen LogP contribution in [-0.4, -0.2) is 48.2 Å². The van der Waals surface area contributed by atoms with Crippen LogP contribution in [0.25, 0.3) is 22.2 Å². The molecular weight excluding hydrogens is 314 g/mol. The van der Waals surface area contributed by atoms with Gasteiger partial charge in [0.05, 0.1) is 30.7 Å². The van der Waals surface area contributed by atoms with Crippen molar-refractivity contribution in [1.29, 1.82) is 0 Å². The van der Waals surface area contributed by atoms with E-state index in [1.165, 1.54) is 0 Å². The molecule has 0 unspecified atom stereocenters. The van der Waals surface area contributed by atoms with Crippen LogP contribution in [0.5, 0.6) is 5.88 Å². The minimum absolute atomic E-state index is 0.478. The monoisotopic (exact) mass is 333 g/mol. The molecule has 2 aliphatic heterocycles. The minimum atomic E-state index is 0.478. The first-order chi connectivity index (χ1) is 12.2. The van der Waals surface area contributed by atoms with Crippen LogP contribution < -0.4 is 15.0 Å². The Morgan fingerprint density at radius 2 is 1.96 bits per heavy atom. The standard InChI is InChI=1S/C19H19N5O/c1-25-18-5-3-13-6-14(2-4-15(13)23-18)16-7-20-8-17(22-16)24-11-19(12-24)9-21-10-19/h2-8,21H,9-12H2,1H3. The maximum Gasteiger partial charge on any atom is 0.213 e. The Balaban J connectivity index is 1.44. The van der Waals surface area contributed by atoms with Gasteiger partial charge in [0, 0.05) is 48.6 Å². The van der Waals surface area contributed by atoms with E-state index in [4.69, 9.17) is 9.72 Å². The Labute approximate surface area is 145 Å². The van der Waals surface area contributed by atoms with Crippen LogP contribution in [0.2, 0.25) is 0 Å². The van der Waals surface area contributed by atoms with E-state index in [2.05, 4.69) is 26.3 Å². The molecule has 2 aliphatic rings. The van der Waals surface area contributed by atoms with Gasteiger partial charge in [-0.1, -0.05) is 6.07 Å². The van der Waals surface area contributed by atoms with Gasteiger partial charge in [0.25, 0.3) is 0 Å². The van der Waals surface area contributed by atoms with Crippen molar-refractivity contribution in [2.45, 2.75) is 0 Å². The first kappa shape index (κ1) is 14.6. The van der Waals surface area contributed by atoms with Crippen LogP contribution in [0.1, 0.15) is 0 Å². The molecule has 1 N–H and O–H groups in total. The number of anilines is 1. The lowest BCUT2D eigenvalue weighted by atomic mass is 9.74. The van der Waals surface area contributed by atoms with E-state index in [1.807, 2.05) is 36.7 Å². The maximum atomic E-state index is 5.19. The van der Waals surface area contributed by atoms with Crippen LogP contribution in [-0.2, 0) is 0 Å². The van der Waals surface area contributed by atoms with E-state index in [0.717, 1.165) is 54.2 Å². The normalized spacial score (nSPS) is 18.0. The summed E-state index contributed by atoms with van der Waals surface area (Å²) in [6.45, 7) is 4.38. The van der Waals surface area contributed by atoms with Crippen LogP contribution in [0.4, 0.5) is 5.82 Å². The lowest BCUT2D eigenvalue weighted by Crippen LogP contribution is -2.71. The smallest absolute Gasteiger partial charge is 0.213 e. The van der Waals surface area contributed by atoms with Gasteiger partial charge in [-0.25, -0.2) is 9.97 Å². The summed E-state index contributed by atoms with van der Waals surface area (Å²) in [7, 11) is 1.63. The first-order valence-corrected chi connectivity index (χ1v) is 8.48. The topological polar surface area (TPSA) is 63.2 Å². The van der Waals surface area contributed by atoms with Gasteiger partial charge in [-0.05, 0) is 18.2 Å². The fourth-order valence-electron chi connectivity index (χ4n) is 3.65. The van der Waals surface area contributed by atoms with E-state index >= 15 is 0 Å². The lowest BCUT2D eigenvalue weighted by Gasteiger charge is -2.56. The number of nitrogens with one attached hydrogen (secondary N) is 1. The molecule has 0 saturated carbocycles. The second kappa shape index (κ2) is 5.39. The van der Waals surface area contributed by atoms with Gasteiger partial charge in [-0.15, -0.1) is 0 Å². The number of ether oxygens (including phenoxy) is 1. The van der Waals surface area contributed by atoms with Gasteiger partial charge in [0.15, 0.2) is 0 Å². The molecular formula is C19H19N5O. The molecule has 5 rings (SSSR count). The summed E-state index contributed by atoms with van der Waals surface area (Å²) >= 11 is 0. The van der Waals surface area contributed by atoms with Gasteiger partial charge >= 0.3 is 0 Å². The molecule has 1 spiro atoms. The van der Waals surface area contributed by atoms with Crippen LogP contribution in [0, 0.1) is 5.41 Å². The summed E-state index contributed by atoms with van der Waals surface area (Å²) < 4.78 is 5.19. The lowest BCUT2D eigenvalue weighted by molar-refractivity contribution is 0.120. The molecule has 0 aliphatic carbocycles. The van der Waals surface area contributed by atoms with Crippen molar-refractivity contribution in [3.05, 3.63) is 42.7 Å². The zero-order valence-electron chi connectivity index (χ0n) is 14.1. The number of methoxy groups -OCH3 is 1. The molecule has 6 heteroatoms. The molecule has 4 heterocycles. The maximum absolute atomic E-state index is 5.19. The van der Waals surface area contributed by atoms with Gasteiger partial charge in [-0.2, -0.15) is 0 Å². The van der Waals surface area contributed by atoms with Gasteiger partial charge in [0.2, 0.25) is 5.88 Å². The van der Waals surface area contributed by atoms with Crippen molar-refractivity contribution >= 4 is 16.7 Å². The molecule has 6 nitrogen and oxygen atoms in total. The van der Waals surface area contributed by atoms with Crippen LogP contribution in [0.3, 0.4) is 0 Å². The van der Waals surface area contributed by atoms with E-state index in [1.54, 1.807) is 7.11 Å². The third kappa shape index (κ3) is 2.41. The highest BCUT2D eigenvalue weighted by molar-refractivity contribution is 5.84. The molecule has 2 fully saturated rings. The summed E-state index contributed by atoms with van der Waals surface area (Å²) in [6.07, 6.45) is 3.68. The zero-order chi connectivity index (χ0) is 16.9. The highest BCUT2D eigenvalue weighted by Crippen LogP contribution is 2.37. The number of hydrogen-bond donors (Lipinski definition) is 1. The number of rotatable bonds is 3. The number of nitrogens with zero attached hydrogens (tertiary/aromatic N) is 4. The Bertz CT molecular complexity index is 945. The summed E-state index contributed by atoms with van der Waals surface area (Å²) in [5.74, 6) is 1.59. The molecule has 0 radical (unpaired) electrons. The largest absolute Gasteiger partial charge is 0.481 e. The molecule has 25 heavy (non-hydrogen) atoms. The Morgan fingerprint density at radius 1 is 1.08 bits per heavy atom. The first-order valence-electron chi connectivity index (χ1n) is 8.48. The quantitative estimate of drug-likeness (QED) is 0.792. The van der Waals surface area contributed by atoms with Gasteiger partial charge in [-0.3, -0.25) is 4.98 Å². The number of hydrogen-bond acceptors (Lipinski definition) is 6. The number of pyridine rings is 1. The number of benzene rings is 1. The van der Waals surface area contributed by atoms with Crippen LogP contribution in [0.15, 0.2) is 42.7 Å². The molecule has 1 aromatic carbocycles. The van der Waals surface area contributed by atoms with Crippen molar-refractivity contribution in [1.82, 2.24) is 20.3 Å². The van der Waals surface area contributed by atoms with Crippen molar-refractivity contribution in [3.63, 3.8) is 0 Å². The SMILES string of the molecule is COc1ccc2cc(-c3cncc(N4CC5(CNC5)C4)n3)ccc2n1. The molecule has 0 atom stereocenters. The molecule has 2 saturated heterocycles. The second-order valence-corrected chi connectivity index (χ2v) is 6.98. The van der Waals surface area contributed by atoms with Crippen molar-refractivity contribution in [2.24, 2.45) is 5.41 Å². The highest BCUT2D eigenvalue weighted by atomic mass is 16.5. The number of aromatic nitrogens is 3. The van der Waals surface area contributed by atoms with E-state index < -0.39 is 0 Å². The molecule has 0 amide bonds. The number of fused-ring (bicyclic) bond motifs is 1. The molecule has 126 valence electrons. The summed E-state index contributed by atoms with van der Waals surface area (Å²) in [5, 5.41) is 4.42. The molecule has 2 aromatic heterocycles. The van der Waals surface area contributed by atoms with Gasteiger partial charge in [0.1, 0.15) is 5.82 Å². The summed E-state index contributed by atoms with van der Waals surface area (Å²) in [6, 6.07) is 10.0. The predicted octanol–water partition coefficient (Wildman–Crippen LogP) is 2.11. The van der Waals surface area contributed by atoms with Crippen molar-refractivity contribution in [3.8, 4) is 17.1 Å². The van der Waals surface area contributed by atoms with E-state index in [-0.39, 0.29) is 0 Å².